The molecule has 1 saturated heterocycles. The summed E-state index contributed by atoms with van der Waals surface area (Å²) in [6.45, 7) is 2.44. The Morgan fingerprint density at radius 2 is 2.00 bits per heavy atom. The van der Waals surface area contributed by atoms with Crippen LogP contribution >= 0.6 is 0 Å². The van der Waals surface area contributed by atoms with Gasteiger partial charge in [0.2, 0.25) is 5.91 Å². The van der Waals surface area contributed by atoms with Gasteiger partial charge in [0.25, 0.3) is 5.91 Å². The van der Waals surface area contributed by atoms with E-state index in [2.05, 4.69) is 10.1 Å². The number of fused-ring (bicyclic) bond motifs is 2. The molecule has 1 N–H and O–H groups in total. The highest BCUT2D eigenvalue weighted by molar-refractivity contribution is 5.98. The van der Waals surface area contributed by atoms with Crippen molar-refractivity contribution in [3.8, 4) is 0 Å². The molecule has 2 aliphatic heterocycles. The van der Waals surface area contributed by atoms with Gasteiger partial charge in [0, 0.05) is 30.4 Å². The Balaban J connectivity index is 1.42. The maximum atomic E-state index is 13.0. The van der Waals surface area contributed by atoms with E-state index in [1.807, 2.05) is 44.8 Å². The van der Waals surface area contributed by atoms with Crippen molar-refractivity contribution >= 4 is 28.4 Å². The second-order valence-electron chi connectivity index (χ2n) is 7.20. The fraction of sp³-hybridized carbons (Fsp3) is 0.350. The zero-order valence-corrected chi connectivity index (χ0v) is 15.0. The summed E-state index contributed by atoms with van der Waals surface area (Å²) < 4.78 is 1.92. The molecule has 0 atom stereocenters. The van der Waals surface area contributed by atoms with Crippen molar-refractivity contribution in [2.75, 3.05) is 18.0 Å². The summed E-state index contributed by atoms with van der Waals surface area (Å²) in [6.07, 6.45) is 4.32. The van der Waals surface area contributed by atoms with Crippen LogP contribution in [0.4, 0.5) is 5.69 Å². The molecule has 1 fully saturated rings. The molecule has 1 aromatic carbocycles. The van der Waals surface area contributed by atoms with Gasteiger partial charge in [0.05, 0.1) is 30.7 Å². The molecule has 7 heteroatoms. The van der Waals surface area contributed by atoms with E-state index in [4.69, 9.17) is 0 Å². The Kier molecular flexibility index (Phi) is 3.74. The van der Waals surface area contributed by atoms with Crippen LogP contribution in [0.25, 0.3) is 10.9 Å². The van der Waals surface area contributed by atoms with Crippen LogP contribution in [0.3, 0.4) is 0 Å². The number of anilines is 1. The van der Waals surface area contributed by atoms with Crippen LogP contribution < -0.4 is 4.90 Å². The molecule has 7 nitrogen and oxygen atoms in total. The maximum Gasteiger partial charge on any atom is 0.270 e. The summed E-state index contributed by atoms with van der Waals surface area (Å²) in [5.41, 5.74) is 3.36. The molecule has 0 saturated carbocycles. The van der Waals surface area contributed by atoms with E-state index < -0.39 is 0 Å². The predicted molar refractivity (Wildman–Crippen MR) is 101 cm³/mol. The van der Waals surface area contributed by atoms with Gasteiger partial charge in [-0.15, -0.1) is 0 Å². The van der Waals surface area contributed by atoms with E-state index >= 15 is 0 Å². The lowest BCUT2D eigenvalue weighted by Crippen LogP contribution is -2.40. The Morgan fingerprint density at radius 3 is 2.85 bits per heavy atom. The highest BCUT2D eigenvalue weighted by Gasteiger charge is 2.30. The lowest BCUT2D eigenvalue weighted by molar-refractivity contribution is -0.119. The van der Waals surface area contributed by atoms with Gasteiger partial charge in [0.15, 0.2) is 0 Å². The highest BCUT2D eigenvalue weighted by Crippen LogP contribution is 2.28. The van der Waals surface area contributed by atoms with Crippen molar-refractivity contribution in [2.24, 2.45) is 0 Å². The summed E-state index contributed by atoms with van der Waals surface area (Å²) in [6, 6.07) is 9.78. The predicted octanol–water partition coefficient (Wildman–Crippen LogP) is 2.54. The average molecular weight is 363 g/mol. The van der Waals surface area contributed by atoms with Crippen LogP contribution in [-0.2, 0) is 17.9 Å². The minimum atomic E-state index is -0.0189. The van der Waals surface area contributed by atoms with Crippen molar-refractivity contribution in [3.63, 3.8) is 0 Å². The summed E-state index contributed by atoms with van der Waals surface area (Å²) in [7, 11) is 0. The third-order valence-corrected chi connectivity index (χ3v) is 5.51. The van der Waals surface area contributed by atoms with Gasteiger partial charge in [-0.05, 0) is 25.0 Å². The first-order chi connectivity index (χ1) is 13.2. The van der Waals surface area contributed by atoms with E-state index in [1.165, 1.54) is 0 Å². The molecule has 2 aliphatic rings. The van der Waals surface area contributed by atoms with E-state index in [0.29, 0.717) is 31.7 Å². The summed E-state index contributed by atoms with van der Waals surface area (Å²) in [5.74, 6) is 0.130. The molecule has 0 aliphatic carbocycles. The number of carbonyl (C=O) groups is 2. The van der Waals surface area contributed by atoms with Crippen molar-refractivity contribution in [2.45, 2.75) is 32.4 Å². The minimum absolute atomic E-state index is 0.0189. The number of benzene rings is 1. The van der Waals surface area contributed by atoms with Crippen molar-refractivity contribution in [3.05, 3.63) is 47.9 Å². The van der Waals surface area contributed by atoms with E-state index in [0.717, 1.165) is 41.7 Å². The number of hydrogen-bond donors (Lipinski definition) is 1. The summed E-state index contributed by atoms with van der Waals surface area (Å²) in [5, 5.41) is 5.47. The fourth-order valence-electron chi connectivity index (χ4n) is 4.05. The van der Waals surface area contributed by atoms with Gasteiger partial charge in [0.1, 0.15) is 5.69 Å². The summed E-state index contributed by atoms with van der Waals surface area (Å²) in [4.78, 5) is 32.2. The maximum absolute atomic E-state index is 13.0. The van der Waals surface area contributed by atoms with Crippen LogP contribution in [0.1, 0.15) is 35.4 Å². The molecule has 0 unspecified atom stereocenters. The fourth-order valence-corrected chi connectivity index (χ4v) is 4.05. The average Bonchev–Trinajstić information content (AvgIpc) is 3.31. The Morgan fingerprint density at radius 1 is 1.11 bits per heavy atom. The Bertz CT molecular complexity index is 1000. The number of rotatable bonds is 2. The molecule has 5 rings (SSSR count). The number of nitrogens with zero attached hydrogens (tertiary/aromatic N) is 4. The quantitative estimate of drug-likeness (QED) is 0.760. The molecule has 2 aromatic heterocycles. The number of piperidine rings is 1. The first kappa shape index (κ1) is 16.1. The van der Waals surface area contributed by atoms with E-state index in [9.17, 15) is 9.59 Å². The minimum Gasteiger partial charge on any atom is -0.351 e. The molecule has 0 radical (unpaired) electrons. The number of nitrogens with one attached hydrogen (secondary N) is 1. The molecule has 2 amide bonds. The van der Waals surface area contributed by atoms with Gasteiger partial charge in [-0.2, -0.15) is 5.10 Å². The SMILES string of the molecule is O=C(c1cc2ccccc2[nH]1)N1CCn2ncc(N3CCCCC3=O)c2C1. The zero-order valence-electron chi connectivity index (χ0n) is 15.0. The lowest BCUT2D eigenvalue weighted by atomic mass is 10.1. The highest BCUT2D eigenvalue weighted by atomic mass is 16.2. The standard InChI is InChI=1S/C20H21N5O2/c26-19-7-3-4-8-24(19)17-12-21-25-10-9-23(13-18(17)25)20(27)16-11-14-5-1-2-6-15(14)22-16/h1-2,5-6,11-12,22H,3-4,7-10,13H2. The van der Waals surface area contributed by atoms with Crippen molar-refractivity contribution in [1.82, 2.24) is 19.7 Å². The van der Waals surface area contributed by atoms with Crippen LogP contribution in [0.15, 0.2) is 36.5 Å². The third kappa shape index (κ3) is 2.70. The largest absolute Gasteiger partial charge is 0.351 e. The van der Waals surface area contributed by atoms with Crippen molar-refractivity contribution < 1.29 is 9.59 Å². The monoisotopic (exact) mass is 363 g/mol. The Labute approximate surface area is 156 Å². The summed E-state index contributed by atoms with van der Waals surface area (Å²) >= 11 is 0. The van der Waals surface area contributed by atoms with Crippen LogP contribution in [0, 0.1) is 0 Å². The van der Waals surface area contributed by atoms with Gasteiger partial charge < -0.3 is 14.8 Å². The lowest BCUT2D eigenvalue weighted by Gasteiger charge is -2.31. The third-order valence-electron chi connectivity index (χ3n) is 5.51. The van der Waals surface area contributed by atoms with E-state index in [1.54, 1.807) is 6.20 Å². The molecule has 3 aromatic rings. The zero-order chi connectivity index (χ0) is 18.4. The van der Waals surface area contributed by atoms with Crippen molar-refractivity contribution in [1.29, 1.82) is 0 Å². The normalized spacial score (nSPS) is 17.4. The van der Waals surface area contributed by atoms with Crippen LogP contribution in [-0.4, -0.2) is 44.6 Å². The van der Waals surface area contributed by atoms with Gasteiger partial charge in [-0.1, -0.05) is 18.2 Å². The molecular formula is C20H21N5O2. The number of carbonyl (C=O) groups excluding carboxylic acids is 2. The number of aromatic nitrogens is 3. The first-order valence-corrected chi connectivity index (χ1v) is 9.43. The number of para-hydroxylation sites is 1. The molecular weight excluding hydrogens is 342 g/mol. The van der Waals surface area contributed by atoms with Gasteiger partial charge in [-0.3, -0.25) is 14.3 Å². The van der Waals surface area contributed by atoms with Crippen LogP contribution in [0.5, 0.6) is 0 Å². The number of aromatic amines is 1. The second kappa shape index (κ2) is 6.26. The number of amides is 2. The molecule has 27 heavy (non-hydrogen) atoms. The van der Waals surface area contributed by atoms with E-state index in [-0.39, 0.29) is 11.8 Å². The Hall–Kier alpha value is -3.09. The van der Waals surface area contributed by atoms with Gasteiger partial charge >= 0.3 is 0 Å². The molecule has 0 bridgehead atoms. The first-order valence-electron chi connectivity index (χ1n) is 9.43. The van der Waals surface area contributed by atoms with Gasteiger partial charge in [-0.25, -0.2) is 0 Å². The topological polar surface area (TPSA) is 74.2 Å². The number of hydrogen-bond acceptors (Lipinski definition) is 3. The molecule has 138 valence electrons. The molecule has 0 spiro atoms. The second-order valence-corrected chi connectivity index (χ2v) is 7.20. The van der Waals surface area contributed by atoms with Crippen LogP contribution in [0.2, 0.25) is 0 Å². The number of H-pyrrole nitrogens is 1. The smallest absolute Gasteiger partial charge is 0.270 e. The molecule has 4 heterocycles.